The molecule has 31 heavy (non-hydrogen) atoms. The van der Waals surface area contributed by atoms with Gasteiger partial charge in [-0.25, -0.2) is 4.98 Å². The van der Waals surface area contributed by atoms with Crippen LogP contribution in [0.25, 0.3) is 11.0 Å². The zero-order valence-electron chi connectivity index (χ0n) is 18.8. The maximum absolute atomic E-state index is 12.8. The third kappa shape index (κ3) is 5.30. The monoisotopic (exact) mass is 422 g/mol. The van der Waals surface area contributed by atoms with E-state index in [1.165, 1.54) is 0 Å². The van der Waals surface area contributed by atoms with Crippen molar-refractivity contribution in [3.63, 3.8) is 0 Å². The Balaban J connectivity index is 1.90. The van der Waals surface area contributed by atoms with E-state index in [9.17, 15) is 9.59 Å². The lowest BCUT2D eigenvalue weighted by Gasteiger charge is -2.22. The molecular weight excluding hydrogens is 392 g/mol. The van der Waals surface area contributed by atoms with E-state index in [4.69, 9.17) is 4.74 Å². The highest BCUT2D eigenvalue weighted by Crippen LogP contribution is 2.28. The Bertz CT molecular complexity index is 1080. The molecule has 3 aromatic rings. The molecule has 0 spiro atoms. The average molecular weight is 423 g/mol. The fourth-order valence-electron chi connectivity index (χ4n) is 3.23. The van der Waals surface area contributed by atoms with Gasteiger partial charge in [-0.2, -0.15) is 0 Å². The number of ether oxygens (including phenoxy) is 1. The van der Waals surface area contributed by atoms with Gasteiger partial charge in [0, 0.05) is 35.8 Å². The van der Waals surface area contributed by atoms with Crippen molar-refractivity contribution >= 4 is 28.7 Å². The van der Waals surface area contributed by atoms with E-state index >= 15 is 0 Å². The van der Waals surface area contributed by atoms with Crippen LogP contribution < -0.4 is 10.6 Å². The Hall–Kier alpha value is -3.19. The molecule has 7 nitrogen and oxygen atoms in total. The fraction of sp³-hybridized carbons (Fsp3) is 0.375. The number of hydrogen-bond donors (Lipinski definition) is 2. The van der Waals surface area contributed by atoms with Crippen LogP contribution in [0.5, 0.6) is 0 Å². The summed E-state index contributed by atoms with van der Waals surface area (Å²) >= 11 is 0. The highest BCUT2D eigenvalue weighted by atomic mass is 16.5. The minimum absolute atomic E-state index is 0.175. The van der Waals surface area contributed by atoms with Crippen molar-refractivity contribution in [1.29, 1.82) is 0 Å². The molecule has 0 atom stereocenters. The first kappa shape index (κ1) is 22.5. The molecule has 0 unspecified atom stereocenters. The molecule has 164 valence electrons. The van der Waals surface area contributed by atoms with Crippen LogP contribution in [-0.2, 0) is 10.3 Å². The van der Waals surface area contributed by atoms with Crippen LogP contribution >= 0.6 is 0 Å². The number of fused-ring (bicyclic) bond motifs is 1. The van der Waals surface area contributed by atoms with Crippen molar-refractivity contribution in [2.75, 3.05) is 25.1 Å². The Kier molecular flexibility index (Phi) is 6.75. The van der Waals surface area contributed by atoms with Gasteiger partial charge in [-0.05, 0) is 58.9 Å². The molecule has 0 saturated heterocycles. The van der Waals surface area contributed by atoms with Gasteiger partial charge in [0.2, 0.25) is 0 Å². The lowest BCUT2D eigenvalue weighted by atomic mass is 10.1. The van der Waals surface area contributed by atoms with E-state index in [0.717, 1.165) is 10.9 Å². The highest BCUT2D eigenvalue weighted by Gasteiger charge is 2.23. The SMILES string of the molecule is CCOCCNC(=O)c1cn(C(C)(C)C)c2nc(NC(=O)c3ccc(C)cc3)ccc12. The van der Waals surface area contributed by atoms with Gasteiger partial charge in [0.1, 0.15) is 11.5 Å². The third-order valence-corrected chi connectivity index (χ3v) is 4.91. The van der Waals surface area contributed by atoms with Gasteiger partial charge in [0.15, 0.2) is 0 Å². The van der Waals surface area contributed by atoms with Gasteiger partial charge >= 0.3 is 0 Å². The van der Waals surface area contributed by atoms with E-state index in [2.05, 4.69) is 15.6 Å². The number of carbonyl (C=O) groups excluding carboxylic acids is 2. The molecule has 3 rings (SSSR count). The number of hydrogen-bond acceptors (Lipinski definition) is 4. The lowest BCUT2D eigenvalue weighted by Crippen LogP contribution is -2.27. The molecule has 0 aliphatic carbocycles. The molecule has 0 aliphatic heterocycles. The van der Waals surface area contributed by atoms with E-state index in [1.807, 2.05) is 63.6 Å². The van der Waals surface area contributed by atoms with Crippen LogP contribution in [0, 0.1) is 6.92 Å². The first-order valence-corrected chi connectivity index (χ1v) is 10.5. The summed E-state index contributed by atoms with van der Waals surface area (Å²) < 4.78 is 7.25. The third-order valence-electron chi connectivity index (χ3n) is 4.91. The molecule has 0 aliphatic rings. The van der Waals surface area contributed by atoms with Crippen LogP contribution in [0.3, 0.4) is 0 Å². The van der Waals surface area contributed by atoms with Gasteiger partial charge in [0.05, 0.1) is 12.2 Å². The van der Waals surface area contributed by atoms with Crippen molar-refractivity contribution in [3.8, 4) is 0 Å². The van der Waals surface area contributed by atoms with Gasteiger partial charge in [-0.15, -0.1) is 0 Å². The number of pyridine rings is 1. The zero-order valence-corrected chi connectivity index (χ0v) is 18.8. The number of carbonyl (C=O) groups is 2. The summed E-state index contributed by atoms with van der Waals surface area (Å²) in [6, 6.07) is 10.9. The van der Waals surface area contributed by atoms with E-state index in [1.54, 1.807) is 18.2 Å². The van der Waals surface area contributed by atoms with Crippen molar-refractivity contribution in [3.05, 3.63) is 59.3 Å². The normalized spacial score (nSPS) is 11.5. The second-order valence-corrected chi connectivity index (χ2v) is 8.42. The second kappa shape index (κ2) is 9.31. The van der Waals surface area contributed by atoms with Crippen molar-refractivity contribution < 1.29 is 14.3 Å². The van der Waals surface area contributed by atoms with Crippen LogP contribution in [0.1, 0.15) is 54.0 Å². The number of amides is 2. The molecule has 0 saturated carbocycles. The van der Waals surface area contributed by atoms with E-state index < -0.39 is 0 Å². The topological polar surface area (TPSA) is 85.2 Å². The van der Waals surface area contributed by atoms with Gasteiger partial charge in [0.25, 0.3) is 11.8 Å². The summed E-state index contributed by atoms with van der Waals surface area (Å²) in [5.41, 5.74) is 2.54. The van der Waals surface area contributed by atoms with Crippen LogP contribution in [0.15, 0.2) is 42.6 Å². The molecule has 0 bridgehead atoms. The summed E-state index contributed by atoms with van der Waals surface area (Å²) in [6.07, 6.45) is 1.82. The minimum Gasteiger partial charge on any atom is -0.380 e. The quantitative estimate of drug-likeness (QED) is 0.561. The molecular formula is C24H30N4O3. The number of anilines is 1. The highest BCUT2D eigenvalue weighted by molar-refractivity contribution is 6.07. The number of rotatable bonds is 7. The Labute approximate surface area is 182 Å². The average Bonchev–Trinajstić information content (AvgIpc) is 3.11. The number of nitrogens with one attached hydrogen (secondary N) is 2. The molecule has 2 heterocycles. The standard InChI is InChI=1S/C24H30N4O3/c1-6-31-14-13-25-23(30)19-15-28(24(3,4)5)21-18(19)11-12-20(26-21)27-22(29)17-9-7-16(2)8-10-17/h7-12,15H,6,13-14H2,1-5H3,(H,25,30)(H,26,27,29). The molecule has 0 fully saturated rings. The summed E-state index contributed by atoms with van der Waals surface area (Å²) in [4.78, 5) is 30.0. The molecule has 2 N–H and O–H groups in total. The fourth-order valence-corrected chi connectivity index (χ4v) is 3.23. The maximum Gasteiger partial charge on any atom is 0.256 e. The largest absolute Gasteiger partial charge is 0.380 e. The predicted molar refractivity (Wildman–Crippen MR) is 123 cm³/mol. The van der Waals surface area contributed by atoms with Gasteiger partial charge in [-0.1, -0.05) is 17.7 Å². The van der Waals surface area contributed by atoms with Crippen LogP contribution in [-0.4, -0.2) is 41.1 Å². The Morgan fingerprint density at radius 2 is 1.77 bits per heavy atom. The summed E-state index contributed by atoms with van der Waals surface area (Å²) in [7, 11) is 0. The predicted octanol–water partition coefficient (Wildman–Crippen LogP) is 4.12. The minimum atomic E-state index is -0.297. The first-order chi connectivity index (χ1) is 14.7. The first-order valence-electron chi connectivity index (χ1n) is 10.5. The molecule has 2 aromatic heterocycles. The number of benzene rings is 1. The van der Waals surface area contributed by atoms with Gasteiger partial charge in [-0.3, -0.25) is 9.59 Å². The number of aromatic nitrogens is 2. The Morgan fingerprint density at radius 3 is 2.42 bits per heavy atom. The zero-order chi connectivity index (χ0) is 22.6. The molecule has 2 amide bonds. The van der Waals surface area contributed by atoms with E-state index in [-0.39, 0.29) is 17.4 Å². The Morgan fingerprint density at radius 1 is 1.06 bits per heavy atom. The lowest BCUT2D eigenvalue weighted by molar-refractivity contribution is 0.0923. The maximum atomic E-state index is 12.8. The summed E-state index contributed by atoms with van der Waals surface area (Å²) in [5, 5.41) is 6.48. The van der Waals surface area contributed by atoms with Crippen molar-refractivity contribution in [2.24, 2.45) is 0 Å². The molecule has 0 radical (unpaired) electrons. The van der Waals surface area contributed by atoms with Crippen LogP contribution in [0.2, 0.25) is 0 Å². The summed E-state index contributed by atoms with van der Waals surface area (Å²) in [5.74, 6) is 0.0329. The smallest absolute Gasteiger partial charge is 0.256 e. The number of aryl methyl sites for hydroxylation is 1. The molecule has 1 aromatic carbocycles. The van der Waals surface area contributed by atoms with Crippen molar-refractivity contribution in [1.82, 2.24) is 14.9 Å². The summed E-state index contributed by atoms with van der Waals surface area (Å²) in [6.45, 7) is 11.5. The second-order valence-electron chi connectivity index (χ2n) is 8.42. The van der Waals surface area contributed by atoms with Crippen LogP contribution in [0.4, 0.5) is 5.82 Å². The van der Waals surface area contributed by atoms with Gasteiger partial charge < -0.3 is 19.9 Å². The molecule has 7 heteroatoms. The number of nitrogens with zero attached hydrogens (tertiary/aromatic N) is 2. The van der Waals surface area contributed by atoms with E-state index in [0.29, 0.717) is 42.4 Å². The van der Waals surface area contributed by atoms with Crippen molar-refractivity contribution in [2.45, 2.75) is 40.2 Å².